The summed E-state index contributed by atoms with van der Waals surface area (Å²) in [6, 6.07) is 21.2. The van der Waals surface area contributed by atoms with E-state index in [4.69, 9.17) is 14.2 Å². The molecule has 1 aliphatic heterocycles. The summed E-state index contributed by atoms with van der Waals surface area (Å²) in [5.41, 5.74) is 3.35. The van der Waals surface area contributed by atoms with Crippen LogP contribution in [0.5, 0.6) is 17.2 Å². The Bertz CT molecular complexity index is 1130. The number of fused-ring (bicyclic) bond motifs is 1. The molecule has 0 aromatic heterocycles. The number of hydrogen-bond donors (Lipinski definition) is 0. The summed E-state index contributed by atoms with van der Waals surface area (Å²) >= 11 is 0. The van der Waals surface area contributed by atoms with Crippen molar-refractivity contribution in [3.05, 3.63) is 107 Å². The fraction of sp³-hybridized carbons (Fsp3) is 0.115. The van der Waals surface area contributed by atoms with Crippen LogP contribution in [0.4, 0.5) is 0 Å². The maximum Gasteiger partial charge on any atom is 0.231 e. The molecule has 0 fully saturated rings. The first-order valence-electron chi connectivity index (χ1n) is 9.71. The number of rotatable bonds is 6. The number of methoxy groups -OCH3 is 1. The first kappa shape index (κ1) is 19.5. The average molecular weight is 398 g/mol. The molecule has 0 radical (unpaired) electrons. The predicted molar refractivity (Wildman–Crippen MR) is 117 cm³/mol. The molecule has 0 spiro atoms. The van der Waals surface area contributed by atoms with E-state index in [1.807, 2.05) is 79.7 Å². The van der Waals surface area contributed by atoms with Gasteiger partial charge in [-0.2, -0.15) is 0 Å². The zero-order valence-corrected chi connectivity index (χ0v) is 16.9. The second kappa shape index (κ2) is 8.70. The van der Waals surface area contributed by atoms with Gasteiger partial charge in [0.1, 0.15) is 23.9 Å². The van der Waals surface area contributed by atoms with Gasteiger partial charge in [0.25, 0.3) is 0 Å². The lowest BCUT2D eigenvalue weighted by Crippen LogP contribution is -2.00. The van der Waals surface area contributed by atoms with Crippen molar-refractivity contribution in [1.82, 2.24) is 0 Å². The van der Waals surface area contributed by atoms with Crippen molar-refractivity contribution in [3.8, 4) is 17.2 Å². The van der Waals surface area contributed by atoms with Crippen molar-refractivity contribution in [3.63, 3.8) is 0 Å². The molecule has 0 aliphatic carbocycles. The van der Waals surface area contributed by atoms with Crippen LogP contribution in [0.3, 0.4) is 0 Å². The fourth-order valence-electron chi connectivity index (χ4n) is 3.33. The van der Waals surface area contributed by atoms with E-state index in [9.17, 15) is 4.79 Å². The zero-order chi connectivity index (χ0) is 20.9. The molecule has 0 unspecified atom stereocenters. The molecule has 0 atom stereocenters. The van der Waals surface area contributed by atoms with Crippen LogP contribution >= 0.6 is 0 Å². The van der Waals surface area contributed by atoms with Crippen LogP contribution in [0.15, 0.2) is 84.6 Å². The van der Waals surface area contributed by atoms with Crippen molar-refractivity contribution in [1.29, 1.82) is 0 Å². The molecular formula is C26H22O4. The van der Waals surface area contributed by atoms with Crippen molar-refractivity contribution >= 4 is 11.9 Å². The van der Waals surface area contributed by atoms with Crippen LogP contribution in [-0.4, -0.2) is 12.9 Å². The molecule has 0 bridgehead atoms. The summed E-state index contributed by atoms with van der Waals surface area (Å²) in [6.45, 7) is 2.26. The van der Waals surface area contributed by atoms with Crippen molar-refractivity contribution in [2.45, 2.75) is 13.5 Å². The van der Waals surface area contributed by atoms with Crippen LogP contribution < -0.4 is 14.2 Å². The summed E-state index contributed by atoms with van der Waals surface area (Å²) in [6.07, 6.45) is 5.45. The van der Waals surface area contributed by atoms with Gasteiger partial charge in [0.2, 0.25) is 5.78 Å². The van der Waals surface area contributed by atoms with E-state index >= 15 is 0 Å². The fourth-order valence-corrected chi connectivity index (χ4v) is 3.33. The van der Waals surface area contributed by atoms with Gasteiger partial charge in [0.05, 0.1) is 12.7 Å². The molecule has 0 saturated heterocycles. The summed E-state index contributed by atoms with van der Waals surface area (Å²) in [7, 11) is 1.64. The molecular weight excluding hydrogens is 376 g/mol. The summed E-state index contributed by atoms with van der Waals surface area (Å²) < 4.78 is 17.2. The Morgan fingerprint density at radius 2 is 1.70 bits per heavy atom. The van der Waals surface area contributed by atoms with Crippen molar-refractivity contribution < 1.29 is 19.0 Å². The zero-order valence-electron chi connectivity index (χ0n) is 16.9. The molecule has 3 aromatic carbocycles. The molecule has 30 heavy (non-hydrogen) atoms. The lowest BCUT2D eigenvalue weighted by molar-refractivity contribution is 0.101. The van der Waals surface area contributed by atoms with E-state index in [1.165, 1.54) is 0 Å². The standard InChI is InChI=1S/C26H22O4/c1-18-22(29-17-20-12-6-7-13-23(20)28-2)16-15-21-25(27)24(30-26(18)21)14-8-11-19-9-4-3-5-10-19/h3-16H,17H2,1-2H3/b11-8+,24-14-. The SMILES string of the molecule is COc1ccccc1COc1ccc2c(c1C)O/C(=C\C=C\c1ccccc1)C2=O. The highest BCUT2D eigenvalue weighted by Crippen LogP contribution is 2.39. The number of benzene rings is 3. The van der Waals surface area contributed by atoms with Crippen molar-refractivity contribution in [2.75, 3.05) is 7.11 Å². The Hall–Kier alpha value is -3.79. The first-order valence-corrected chi connectivity index (χ1v) is 9.71. The minimum absolute atomic E-state index is 0.123. The number of hydrogen-bond acceptors (Lipinski definition) is 4. The minimum atomic E-state index is -0.123. The van der Waals surface area contributed by atoms with Gasteiger partial charge in [0, 0.05) is 11.1 Å². The Morgan fingerprint density at radius 3 is 2.50 bits per heavy atom. The Morgan fingerprint density at radius 1 is 0.933 bits per heavy atom. The smallest absolute Gasteiger partial charge is 0.231 e. The molecule has 4 nitrogen and oxygen atoms in total. The van der Waals surface area contributed by atoms with E-state index in [0.29, 0.717) is 29.4 Å². The maximum absolute atomic E-state index is 12.7. The highest BCUT2D eigenvalue weighted by molar-refractivity contribution is 6.12. The average Bonchev–Trinajstić information content (AvgIpc) is 3.10. The second-order valence-corrected chi connectivity index (χ2v) is 6.90. The quantitative estimate of drug-likeness (QED) is 0.496. The van der Waals surface area contributed by atoms with Crippen LogP contribution in [0.2, 0.25) is 0 Å². The molecule has 3 aromatic rings. The van der Waals surface area contributed by atoms with Crippen molar-refractivity contribution in [2.24, 2.45) is 0 Å². The molecule has 0 amide bonds. The van der Waals surface area contributed by atoms with E-state index in [-0.39, 0.29) is 5.78 Å². The number of ketones is 1. The molecule has 0 N–H and O–H groups in total. The summed E-state index contributed by atoms with van der Waals surface area (Å²) in [5.74, 6) is 2.19. The molecule has 4 rings (SSSR count). The molecule has 150 valence electrons. The Balaban J connectivity index is 1.51. The lowest BCUT2D eigenvalue weighted by Gasteiger charge is -2.13. The topological polar surface area (TPSA) is 44.8 Å². The predicted octanol–water partition coefficient (Wildman–Crippen LogP) is 5.76. The van der Waals surface area contributed by atoms with Gasteiger partial charge in [-0.15, -0.1) is 0 Å². The molecule has 0 saturated carbocycles. The highest BCUT2D eigenvalue weighted by atomic mass is 16.5. The van der Waals surface area contributed by atoms with Gasteiger partial charge in [-0.3, -0.25) is 4.79 Å². The number of carbonyl (C=O) groups excluding carboxylic acids is 1. The van der Waals surface area contributed by atoms with Crippen LogP contribution in [-0.2, 0) is 6.61 Å². The van der Waals surface area contributed by atoms with Crippen LogP contribution in [0, 0.1) is 6.92 Å². The summed E-state index contributed by atoms with van der Waals surface area (Å²) in [4.78, 5) is 12.7. The minimum Gasteiger partial charge on any atom is -0.496 e. The second-order valence-electron chi connectivity index (χ2n) is 6.90. The third kappa shape index (κ3) is 3.98. The normalized spacial score (nSPS) is 14.1. The number of para-hydroxylation sites is 1. The van der Waals surface area contributed by atoms with Gasteiger partial charge in [-0.05, 0) is 36.8 Å². The van der Waals surface area contributed by atoms with Gasteiger partial charge in [0.15, 0.2) is 5.76 Å². The van der Waals surface area contributed by atoms with Gasteiger partial charge in [-0.1, -0.05) is 60.7 Å². The van der Waals surface area contributed by atoms with Crippen LogP contribution in [0.25, 0.3) is 6.08 Å². The number of carbonyl (C=O) groups is 1. The first-order chi connectivity index (χ1) is 14.7. The number of allylic oxidation sites excluding steroid dienone is 3. The lowest BCUT2D eigenvalue weighted by atomic mass is 10.1. The van der Waals surface area contributed by atoms with E-state index in [2.05, 4.69) is 0 Å². The van der Waals surface area contributed by atoms with E-state index < -0.39 is 0 Å². The molecule has 1 heterocycles. The summed E-state index contributed by atoms with van der Waals surface area (Å²) in [5, 5.41) is 0. The maximum atomic E-state index is 12.7. The monoisotopic (exact) mass is 398 g/mol. The number of ether oxygens (including phenoxy) is 3. The van der Waals surface area contributed by atoms with Gasteiger partial charge < -0.3 is 14.2 Å². The molecule has 4 heteroatoms. The van der Waals surface area contributed by atoms with E-state index in [0.717, 1.165) is 22.4 Å². The van der Waals surface area contributed by atoms with Crippen LogP contribution in [0.1, 0.15) is 27.0 Å². The van der Waals surface area contributed by atoms with E-state index in [1.54, 1.807) is 19.3 Å². The molecule has 1 aliphatic rings. The largest absolute Gasteiger partial charge is 0.496 e. The number of Topliss-reactive ketones (excluding diaryl/α,β-unsaturated/α-hetero) is 1. The highest BCUT2D eigenvalue weighted by Gasteiger charge is 2.29. The third-order valence-electron chi connectivity index (χ3n) is 4.95. The Kier molecular flexibility index (Phi) is 5.66. The Labute approximate surface area is 176 Å². The van der Waals surface area contributed by atoms with Gasteiger partial charge in [-0.25, -0.2) is 0 Å². The third-order valence-corrected chi connectivity index (χ3v) is 4.95. The van der Waals surface area contributed by atoms with Gasteiger partial charge >= 0.3 is 0 Å².